The van der Waals surface area contributed by atoms with Gasteiger partial charge in [0.25, 0.3) is 0 Å². The smallest absolute Gasteiger partial charge is 0.311 e. The van der Waals surface area contributed by atoms with E-state index in [1.165, 1.54) is 16.4 Å². The number of sulfonamides is 1. The maximum atomic E-state index is 12.6. The lowest BCUT2D eigenvalue weighted by Crippen LogP contribution is -2.40. The van der Waals surface area contributed by atoms with E-state index in [2.05, 4.69) is 0 Å². The zero-order valence-corrected chi connectivity index (χ0v) is 13.5. The monoisotopic (exact) mass is 331 g/mol. The molecule has 0 saturated carbocycles. The SMILES string of the molecule is CC(C)C1(C(=O)O)CCN(S(=O)(=O)c2ccccc2Cl)C1. The number of hydrogen-bond donors (Lipinski definition) is 1. The molecule has 116 valence electrons. The third-order valence-electron chi connectivity index (χ3n) is 4.25. The van der Waals surface area contributed by atoms with Crippen LogP contribution in [0.15, 0.2) is 29.2 Å². The number of carbonyl (C=O) groups is 1. The van der Waals surface area contributed by atoms with E-state index in [1.54, 1.807) is 26.0 Å². The van der Waals surface area contributed by atoms with E-state index < -0.39 is 21.4 Å². The summed E-state index contributed by atoms with van der Waals surface area (Å²) in [5.41, 5.74) is -1.03. The Morgan fingerprint density at radius 1 is 1.38 bits per heavy atom. The molecule has 5 nitrogen and oxygen atoms in total. The van der Waals surface area contributed by atoms with E-state index in [0.29, 0.717) is 6.42 Å². The van der Waals surface area contributed by atoms with Crippen molar-refractivity contribution < 1.29 is 18.3 Å². The van der Waals surface area contributed by atoms with Crippen molar-refractivity contribution in [1.82, 2.24) is 4.31 Å². The quantitative estimate of drug-likeness (QED) is 0.919. The summed E-state index contributed by atoms with van der Waals surface area (Å²) in [6, 6.07) is 6.20. The molecule has 1 heterocycles. The van der Waals surface area contributed by atoms with Gasteiger partial charge in [0.15, 0.2) is 0 Å². The molecule has 21 heavy (non-hydrogen) atoms. The van der Waals surface area contributed by atoms with Gasteiger partial charge < -0.3 is 5.11 Å². The summed E-state index contributed by atoms with van der Waals surface area (Å²) < 4.78 is 26.5. The summed E-state index contributed by atoms with van der Waals surface area (Å²) in [5.74, 6) is -1.10. The molecule has 7 heteroatoms. The molecule has 1 aliphatic rings. The summed E-state index contributed by atoms with van der Waals surface area (Å²) in [6.45, 7) is 3.78. The zero-order chi connectivity index (χ0) is 15.8. The minimum atomic E-state index is -3.77. The van der Waals surface area contributed by atoms with Gasteiger partial charge in [0, 0.05) is 13.1 Å². The van der Waals surface area contributed by atoms with Crippen LogP contribution in [0.4, 0.5) is 0 Å². The second-order valence-corrected chi connectivity index (χ2v) is 7.95. The first-order valence-electron chi connectivity index (χ1n) is 6.70. The van der Waals surface area contributed by atoms with Crippen LogP contribution in [0.3, 0.4) is 0 Å². The van der Waals surface area contributed by atoms with E-state index in [-0.39, 0.29) is 28.9 Å². The fraction of sp³-hybridized carbons (Fsp3) is 0.500. The molecule has 0 spiro atoms. The van der Waals surface area contributed by atoms with Crippen LogP contribution in [-0.4, -0.2) is 36.9 Å². The van der Waals surface area contributed by atoms with Crippen molar-refractivity contribution in [2.45, 2.75) is 25.2 Å². The van der Waals surface area contributed by atoms with Crippen molar-refractivity contribution in [3.05, 3.63) is 29.3 Å². The van der Waals surface area contributed by atoms with Crippen molar-refractivity contribution in [3.63, 3.8) is 0 Å². The van der Waals surface area contributed by atoms with E-state index >= 15 is 0 Å². The first-order chi connectivity index (χ1) is 9.71. The van der Waals surface area contributed by atoms with Gasteiger partial charge in [0.1, 0.15) is 4.90 Å². The minimum absolute atomic E-state index is 0.0203. The van der Waals surface area contributed by atoms with E-state index in [4.69, 9.17) is 11.6 Å². The van der Waals surface area contributed by atoms with Crippen LogP contribution >= 0.6 is 11.6 Å². The van der Waals surface area contributed by atoms with Gasteiger partial charge in [-0.05, 0) is 24.5 Å². The molecular formula is C14H18ClNO4S. The molecule has 0 radical (unpaired) electrons. The van der Waals surface area contributed by atoms with Gasteiger partial charge in [-0.3, -0.25) is 4.79 Å². The molecule has 1 N–H and O–H groups in total. The largest absolute Gasteiger partial charge is 0.481 e. The molecule has 0 aliphatic carbocycles. The van der Waals surface area contributed by atoms with Gasteiger partial charge >= 0.3 is 5.97 Å². The van der Waals surface area contributed by atoms with Crippen LogP contribution < -0.4 is 0 Å². The van der Waals surface area contributed by atoms with Crippen molar-refractivity contribution in [3.8, 4) is 0 Å². The maximum Gasteiger partial charge on any atom is 0.311 e. The minimum Gasteiger partial charge on any atom is -0.481 e. The fourth-order valence-corrected chi connectivity index (χ4v) is 4.69. The van der Waals surface area contributed by atoms with Crippen molar-refractivity contribution >= 4 is 27.6 Å². The molecule has 1 atom stereocenters. The van der Waals surface area contributed by atoms with Gasteiger partial charge in [-0.1, -0.05) is 37.6 Å². The standard InChI is InChI=1S/C14H18ClNO4S/c1-10(2)14(13(17)18)7-8-16(9-14)21(19,20)12-6-4-3-5-11(12)15/h3-6,10H,7-9H2,1-2H3,(H,17,18). The lowest BCUT2D eigenvalue weighted by molar-refractivity contribution is -0.150. The number of rotatable bonds is 4. The van der Waals surface area contributed by atoms with Crippen LogP contribution in [0.5, 0.6) is 0 Å². The van der Waals surface area contributed by atoms with Crippen molar-refractivity contribution in [1.29, 1.82) is 0 Å². The Morgan fingerprint density at radius 3 is 2.48 bits per heavy atom. The van der Waals surface area contributed by atoms with Gasteiger partial charge in [0.2, 0.25) is 10.0 Å². The lowest BCUT2D eigenvalue weighted by Gasteiger charge is -2.28. The Balaban J connectivity index is 2.37. The van der Waals surface area contributed by atoms with Gasteiger partial charge in [0.05, 0.1) is 10.4 Å². The highest BCUT2D eigenvalue weighted by Crippen LogP contribution is 2.40. The first-order valence-corrected chi connectivity index (χ1v) is 8.52. The number of carboxylic acid groups (broad SMARTS) is 1. The van der Waals surface area contributed by atoms with Crippen molar-refractivity contribution in [2.24, 2.45) is 11.3 Å². The number of aliphatic carboxylic acids is 1. The molecule has 2 rings (SSSR count). The average Bonchev–Trinajstić information content (AvgIpc) is 2.86. The predicted octanol–water partition coefficient (Wildman–Crippen LogP) is 2.46. The second kappa shape index (κ2) is 5.59. The number of halogens is 1. The number of hydrogen-bond acceptors (Lipinski definition) is 3. The Labute approximate surface area is 129 Å². The Hall–Kier alpha value is -1.11. The second-order valence-electron chi connectivity index (χ2n) is 5.64. The summed E-state index contributed by atoms with van der Waals surface area (Å²) >= 11 is 5.96. The molecule has 1 aromatic rings. The molecule has 0 aromatic heterocycles. The number of carboxylic acids is 1. The molecule has 1 saturated heterocycles. The normalized spacial score (nSPS) is 23.6. The van der Waals surface area contributed by atoms with Crippen molar-refractivity contribution in [2.75, 3.05) is 13.1 Å². The Bertz CT molecular complexity index is 659. The topological polar surface area (TPSA) is 74.7 Å². The highest BCUT2D eigenvalue weighted by atomic mass is 35.5. The van der Waals surface area contributed by atoms with Crippen LogP contribution in [0, 0.1) is 11.3 Å². The highest BCUT2D eigenvalue weighted by Gasteiger charge is 2.50. The Kier molecular flexibility index (Phi) is 4.33. The number of nitrogens with zero attached hydrogens (tertiary/aromatic N) is 1. The van der Waals surface area contributed by atoms with E-state index in [0.717, 1.165) is 0 Å². The van der Waals surface area contributed by atoms with E-state index in [1.807, 2.05) is 0 Å². The summed E-state index contributed by atoms with van der Waals surface area (Å²) in [4.78, 5) is 11.6. The van der Waals surface area contributed by atoms with E-state index in [9.17, 15) is 18.3 Å². The maximum absolute atomic E-state index is 12.6. The van der Waals surface area contributed by atoms with Gasteiger partial charge in [-0.15, -0.1) is 0 Å². The third kappa shape index (κ3) is 2.67. The highest BCUT2D eigenvalue weighted by molar-refractivity contribution is 7.89. The summed E-state index contributed by atoms with van der Waals surface area (Å²) in [6.07, 6.45) is 0.309. The number of benzene rings is 1. The molecule has 0 bridgehead atoms. The summed E-state index contributed by atoms with van der Waals surface area (Å²) in [7, 11) is -3.77. The Morgan fingerprint density at radius 2 is 2.00 bits per heavy atom. The van der Waals surface area contributed by atoms with Crippen LogP contribution in [0.1, 0.15) is 20.3 Å². The fourth-order valence-electron chi connectivity index (χ4n) is 2.69. The first kappa shape index (κ1) is 16.3. The molecule has 0 amide bonds. The molecule has 1 fully saturated rings. The zero-order valence-electron chi connectivity index (χ0n) is 11.9. The predicted molar refractivity (Wildman–Crippen MR) is 79.7 cm³/mol. The molecule has 1 aromatic carbocycles. The molecule has 1 unspecified atom stereocenters. The van der Waals surface area contributed by atoms with Gasteiger partial charge in [-0.2, -0.15) is 4.31 Å². The van der Waals surface area contributed by atoms with Gasteiger partial charge in [-0.25, -0.2) is 8.42 Å². The molecule has 1 aliphatic heterocycles. The lowest BCUT2D eigenvalue weighted by atomic mass is 9.77. The average molecular weight is 332 g/mol. The summed E-state index contributed by atoms with van der Waals surface area (Å²) in [5, 5.41) is 9.64. The third-order valence-corrected chi connectivity index (χ3v) is 6.60. The molecular weight excluding hydrogens is 314 g/mol. The van der Waals surface area contributed by atoms with Crippen LogP contribution in [0.2, 0.25) is 5.02 Å². The van der Waals surface area contributed by atoms with Crippen LogP contribution in [-0.2, 0) is 14.8 Å². The van der Waals surface area contributed by atoms with Crippen LogP contribution in [0.25, 0.3) is 0 Å².